The molecule has 2 rings (SSSR count). The van der Waals surface area contributed by atoms with E-state index in [2.05, 4.69) is 26.2 Å². The number of carbonyl (C=O) groups is 1. The van der Waals surface area contributed by atoms with Crippen LogP contribution in [0.2, 0.25) is 0 Å². The van der Waals surface area contributed by atoms with Crippen LogP contribution < -0.4 is 5.32 Å². The Bertz CT molecular complexity index is 711. The number of pyridine rings is 1. The molecular formula is C14H12BrN3O3. The minimum atomic E-state index is -0.546. The van der Waals surface area contributed by atoms with Crippen molar-refractivity contribution in [3.63, 3.8) is 0 Å². The monoisotopic (exact) mass is 349 g/mol. The van der Waals surface area contributed by atoms with Gasteiger partial charge in [0, 0.05) is 17.3 Å². The predicted octanol–water partition coefficient (Wildman–Crippen LogP) is 3.62. The van der Waals surface area contributed by atoms with E-state index in [0.717, 1.165) is 11.3 Å². The molecule has 0 saturated heterocycles. The van der Waals surface area contributed by atoms with Gasteiger partial charge in [-0.15, -0.1) is 0 Å². The molecule has 0 aliphatic heterocycles. The molecule has 1 heterocycles. The summed E-state index contributed by atoms with van der Waals surface area (Å²) in [6.45, 7) is 3.72. The number of aromatic nitrogens is 1. The van der Waals surface area contributed by atoms with Crippen molar-refractivity contribution >= 4 is 33.3 Å². The average molecular weight is 350 g/mol. The van der Waals surface area contributed by atoms with E-state index in [1.54, 1.807) is 6.07 Å². The minimum Gasteiger partial charge on any atom is -0.307 e. The number of hydrogen-bond donors (Lipinski definition) is 1. The van der Waals surface area contributed by atoms with Gasteiger partial charge in [-0.05, 0) is 59.6 Å². The minimum absolute atomic E-state index is 0.156. The Balaban J connectivity index is 2.28. The summed E-state index contributed by atoms with van der Waals surface area (Å²) in [5.74, 6) is -0.0221. The molecule has 0 aliphatic carbocycles. The number of anilines is 1. The normalized spacial score (nSPS) is 10.2. The fourth-order valence-corrected chi connectivity index (χ4v) is 2.28. The van der Waals surface area contributed by atoms with Crippen LogP contribution in [0.25, 0.3) is 0 Å². The lowest BCUT2D eigenvalue weighted by molar-refractivity contribution is -0.385. The molecule has 0 spiro atoms. The van der Waals surface area contributed by atoms with E-state index in [0.29, 0.717) is 10.3 Å². The van der Waals surface area contributed by atoms with Gasteiger partial charge in [0.05, 0.1) is 9.40 Å². The van der Waals surface area contributed by atoms with E-state index in [-0.39, 0.29) is 11.3 Å². The van der Waals surface area contributed by atoms with Crippen molar-refractivity contribution in [1.29, 1.82) is 0 Å². The SMILES string of the molecule is Cc1cc(C)nc(NC(=O)c2ccc(Br)c([N+](=O)[O-])c2)c1. The van der Waals surface area contributed by atoms with Crippen molar-refractivity contribution in [2.75, 3.05) is 5.32 Å². The number of carbonyl (C=O) groups excluding carboxylic acids is 1. The third-order valence-electron chi connectivity index (χ3n) is 2.74. The summed E-state index contributed by atoms with van der Waals surface area (Å²) in [7, 11) is 0. The Morgan fingerprint density at radius 2 is 2.00 bits per heavy atom. The maximum atomic E-state index is 12.1. The lowest BCUT2D eigenvalue weighted by atomic mass is 10.2. The molecule has 1 amide bonds. The molecule has 108 valence electrons. The summed E-state index contributed by atoms with van der Waals surface area (Å²) in [6, 6.07) is 7.83. The number of aryl methyl sites for hydroxylation is 2. The largest absolute Gasteiger partial charge is 0.307 e. The number of nitrogens with one attached hydrogen (secondary N) is 1. The first kappa shape index (κ1) is 15.1. The zero-order valence-electron chi connectivity index (χ0n) is 11.4. The zero-order chi connectivity index (χ0) is 15.6. The van der Waals surface area contributed by atoms with E-state index in [1.807, 2.05) is 19.9 Å². The van der Waals surface area contributed by atoms with E-state index in [1.165, 1.54) is 18.2 Å². The number of nitro benzene ring substituents is 1. The van der Waals surface area contributed by atoms with Gasteiger partial charge in [0.15, 0.2) is 0 Å². The topological polar surface area (TPSA) is 85.1 Å². The van der Waals surface area contributed by atoms with Crippen molar-refractivity contribution in [2.45, 2.75) is 13.8 Å². The summed E-state index contributed by atoms with van der Waals surface area (Å²) in [6.07, 6.45) is 0. The number of nitrogens with zero attached hydrogens (tertiary/aromatic N) is 2. The van der Waals surface area contributed by atoms with Crippen LogP contribution in [0.5, 0.6) is 0 Å². The van der Waals surface area contributed by atoms with Gasteiger partial charge in [-0.2, -0.15) is 0 Å². The van der Waals surface area contributed by atoms with Crippen LogP contribution >= 0.6 is 15.9 Å². The van der Waals surface area contributed by atoms with Gasteiger partial charge in [-0.25, -0.2) is 4.98 Å². The van der Waals surface area contributed by atoms with Gasteiger partial charge in [0.25, 0.3) is 11.6 Å². The summed E-state index contributed by atoms with van der Waals surface area (Å²) in [5, 5.41) is 13.5. The summed E-state index contributed by atoms with van der Waals surface area (Å²) < 4.78 is 0.327. The molecule has 1 aromatic carbocycles. The Morgan fingerprint density at radius 3 is 2.62 bits per heavy atom. The van der Waals surface area contributed by atoms with E-state index >= 15 is 0 Å². The molecule has 6 nitrogen and oxygen atoms in total. The molecule has 0 radical (unpaired) electrons. The van der Waals surface area contributed by atoms with Crippen molar-refractivity contribution in [1.82, 2.24) is 4.98 Å². The highest BCUT2D eigenvalue weighted by atomic mass is 79.9. The van der Waals surface area contributed by atoms with Crippen LogP contribution in [0.4, 0.5) is 11.5 Å². The third kappa shape index (κ3) is 3.63. The zero-order valence-corrected chi connectivity index (χ0v) is 13.0. The summed E-state index contributed by atoms with van der Waals surface area (Å²) in [5.41, 5.74) is 1.80. The maximum Gasteiger partial charge on any atom is 0.284 e. The van der Waals surface area contributed by atoms with Crippen molar-refractivity contribution in [3.05, 3.63) is 61.7 Å². The standard InChI is InChI=1S/C14H12BrN3O3/c1-8-5-9(2)16-13(6-8)17-14(19)10-3-4-11(15)12(7-10)18(20)21/h3-7H,1-2H3,(H,16,17,19). The second kappa shape index (κ2) is 6.01. The fourth-order valence-electron chi connectivity index (χ4n) is 1.89. The molecule has 1 N–H and O–H groups in total. The number of benzene rings is 1. The number of hydrogen-bond acceptors (Lipinski definition) is 4. The smallest absolute Gasteiger partial charge is 0.284 e. The van der Waals surface area contributed by atoms with Gasteiger partial charge < -0.3 is 5.32 Å². The van der Waals surface area contributed by atoms with E-state index < -0.39 is 10.8 Å². The summed E-state index contributed by atoms with van der Waals surface area (Å²) >= 11 is 3.08. The van der Waals surface area contributed by atoms with Crippen molar-refractivity contribution in [2.24, 2.45) is 0 Å². The first-order valence-corrected chi connectivity index (χ1v) is 6.86. The first-order valence-electron chi connectivity index (χ1n) is 6.07. The Kier molecular flexibility index (Phi) is 4.32. The van der Waals surface area contributed by atoms with E-state index in [9.17, 15) is 14.9 Å². The number of rotatable bonds is 3. The molecule has 0 saturated carbocycles. The molecular weight excluding hydrogens is 338 g/mol. The number of halogens is 1. The van der Waals surface area contributed by atoms with Crippen LogP contribution in [0.1, 0.15) is 21.6 Å². The average Bonchev–Trinajstić information content (AvgIpc) is 2.37. The summed E-state index contributed by atoms with van der Waals surface area (Å²) in [4.78, 5) is 26.7. The lowest BCUT2D eigenvalue weighted by Gasteiger charge is -2.07. The molecule has 0 unspecified atom stereocenters. The molecule has 0 aliphatic rings. The Morgan fingerprint density at radius 1 is 1.29 bits per heavy atom. The van der Waals surface area contributed by atoms with Crippen LogP contribution in [-0.2, 0) is 0 Å². The second-order valence-corrected chi connectivity index (χ2v) is 5.40. The predicted molar refractivity (Wildman–Crippen MR) is 82.5 cm³/mol. The van der Waals surface area contributed by atoms with Gasteiger partial charge in [-0.1, -0.05) is 0 Å². The Hall–Kier alpha value is -2.28. The van der Waals surface area contributed by atoms with Crippen LogP contribution in [0.3, 0.4) is 0 Å². The molecule has 0 atom stereocenters. The molecule has 0 bridgehead atoms. The first-order chi connectivity index (χ1) is 9.86. The maximum absolute atomic E-state index is 12.1. The van der Waals surface area contributed by atoms with Crippen LogP contribution in [0, 0.1) is 24.0 Å². The van der Waals surface area contributed by atoms with Crippen molar-refractivity contribution < 1.29 is 9.72 Å². The highest BCUT2D eigenvalue weighted by molar-refractivity contribution is 9.10. The third-order valence-corrected chi connectivity index (χ3v) is 3.41. The molecule has 0 fully saturated rings. The molecule has 1 aromatic heterocycles. The molecule has 21 heavy (non-hydrogen) atoms. The quantitative estimate of drug-likeness (QED) is 0.677. The highest BCUT2D eigenvalue weighted by Crippen LogP contribution is 2.26. The molecule has 2 aromatic rings. The van der Waals surface area contributed by atoms with Crippen LogP contribution in [-0.4, -0.2) is 15.8 Å². The lowest BCUT2D eigenvalue weighted by Crippen LogP contribution is -2.13. The second-order valence-electron chi connectivity index (χ2n) is 4.55. The number of nitro groups is 1. The van der Waals surface area contributed by atoms with Gasteiger partial charge in [0.2, 0.25) is 0 Å². The van der Waals surface area contributed by atoms with Crippen molar-refractivity contribution in [3.8, 4) is 0 Å². The van der Waals surface area contributed by atoms with E-state index in [4.69, 9.17) is 0 Å². The Labute approximate surface area is 129 Å². The highest BCUT2D eigenvalue weighted by Gasteiger charge is 2.16. The number of amides is 1. The van der Waals surface area contributed by atoms with Gasteiger partial charge in [0.1, 0.15) is 5.82 Å². The van der Waals surface area contributed by atoms with Gasteiger partial charge >= 0.3 is 0 Å². The fraction of sp³-hybridized carbons (Fsp3) is 0.143. The molecule has 7 heteroatoms. The van der Waals surface area contributed by atoms with Crippen LogP contribution in [0.15, 0.2) is 34.8 Å². The van der Waals surface area contributed by atoms with Gasteiger partial charge in [-0.3, -0.25) is 14.9 Å².